The van der Waals surface area contributed by atoms with Crippen LogP contribution in [-0.2, 0) is 18.7 Å². The third-order valence-corrected chi connectivity index (χ3v) is 18.4. The Kier molecular flexibility index (Phi) is 12.6. The lowest BCUT2D eigenvalue weighted by Gasteiger charge is -2.46. The topological polar surface area (TPSA) is 108 Å². The first-order valence-electron chi connectivity index (χ1n) is 22.7. The van der Waals surface area contributed by atoms with E-state index in [-0.39, 0.29) is 35.5 Å². The number of anilines is 3. The number of carbonyl (C=O) groups excluding carboxylic acids is 2. The molecule has 2 amide bonds. The molecule has 10 heteroatoms. The van der Waals surface area contributed by atoms with Crippen LogP contribution in [0.4, 0.5) is 17.1 Å². The number of hydrogen-bond donors (Lipinski definition) is 3. The summed E-state index contributed by atoms with van der Waals surface area (Å²) in [5.74, 6) is -2.05. The number of phenols is 1. The largest absolute Gasteiger partial charge is 0.508 e. The molecule has 0 radical (unpaired) electrons. The fourth-order valence-corrected chi connectivity index (χ4v) is 15.1. The second-order valence-corrected chi connectivity index (χ2v) is 22.8. The second-order valence-electron chi connectivity index (χ2n) is 18.5. The number of phenolic OH excluding ortho intramolecular Hbond substituents is 1. The van der Waals surface area contributed by atoms with Crippen LogP contribution in [-0.4, -0.2) is 50.1 Å². The van der Waals surface area contributed by atoms with E-state index in [0.29, 0.717) is 24.9 Å². The van der Waals surface area contributed by atoms with Crippen molar-refractivity contribution >= 4 is 66.3 Å². The fraction of sp³-hybridized carbons (Fsp3) is 0.236. The standard InChI is InChI=1S/C55H55BN2O6Si/c1-55(2,3)65(46-23-12-6-13-24-46,47-25-14-7-15-26-47)63-37-41-35-48-52(54(61)58(53(48)60)44-30-28-43(29-31-44)57-42-20-10-5-11-21-42)49-36-56(62)64-50(51(41)49)32-27-40(39-18-8-4-9-19-39)33-38-17-16-22-45(59)34-38/h4-26,28-31,33-34,48-50,52,57,59,62H,27,32,35-37H2,1-3H3/b40-33-/t48-,49+,50-,52-/m1/s1. The van der Waals surface area contributed by atoms with Crippen LogP contribution in [0.25, 0.3) is 11.6 Å². The van der Waals surface area contributed by atoms with Gasteiger partial charge < -0.3 is 24.5 Å². The first-order chi connectivity index (χ1) is 31.5. The minimum absolute atomic E-state index is 0.185. The van der Waals surface area contributed by atoms with E-state index in [0.717, 1.165) is 49.6 Å². The van der Waals surface area contributed by atoms with Crippen LogP contribution in [0.1, 0.15) is 51.2 Å². The number of nitrogens with one attached hydrogen (secondary N) is 1. The molecule has 9 rings (SSSR count). The van der Waals surface area contributed by atoms with Crippen molar-refractivity contribution < 1.29 is 28.8 Å². The zero-order valence-electron chi connectivity index (χ0n) is 37.1. The van der Waals surface area contributed by atoms with Gasteiger partial charge in [0, 0.05) is 11.4 Å². The van der Waals surface area contributed by atoms with Gasteiger partial charge in [-0.3, -0.25) is 14.5 Å². The van der Waals surface area contributed by atoms with Crippen LogP contribution < -0.4 is 20.6 Å². The monoisotopic (exact) mass is 878 g/mol. The Balaban J connectivity index is 1.11. The van der Waals surface area contributed by atoms with E-state index in [1.165, 1.54) is 4.90 Å². The van der Waals surface area contributed by atoms with Gasteiger partial charge in [0.05, 0.1) is 30.2 Å². The molecule has 328 valence electrons. The van der Waals surface area contributed by atoms with E-state index in [1.807, 2.05) is 97.1 Å². The van der Waals surface area contributed by atoms with Gasteiger partial charge in [-0.15, -0.1) is 0 Å². The van der Waals surface area contributed by atoms with Crippen molar-refractivity contribution in [2.75, 3.05) is 16.8 Å². The average molecular weight is 879 g/mol. The molecule has 8 nitrogen and oxygen atoms in total. The predicted octanol–water partition coefficient (Wildman–Crippen LogP) is 10.0. The molecule has 0 saturated carbocycles. The zero-order chi connectivity index (χ0) is 45.1. The molecule has 0 aromatic heterocycles. The highest BCUT2D eigenvalue weighted by Crippen LogP contribution is 2.52. The van der Waals surface area contributed by atoms with Crippen LogP contribution in [0.3, 0.4) is 0 Å². The number of benzene rings is 6. The molecule has 2 fully saturated rings. The molecule has 2 heterocycles. The average Bonchev–Trinajstić information content (AvgIpc) is 3.57. The molecule has 65 heavy (non-hydrogen) atoms. The number of allylic oxidation sites excluding steroid dienone is 1. The third kappa shape index (κ3) is 8.92. The van der Waals surface area contributed by atoms with Gasteiger partial charge in [-0.25, -0.2) is 0 Å². The minimum Gasteiger partial charge on any atom is -0.508 e. The lowest BCUT2D eigenvalue weighted by Crippen LogP contribution is -2.66. The summed E-state index contributed by atoms with van der Waals surface area (Å²) >= 11 is 0. The van der Waals surface area contributed by atoms with Crippen LogP contribution >= 0.6 is 0 Å². The Labute approximate surface area is 383 Å². The quantitative estimate of drug-likeness (QED) is 0.0459. The van der Waals surface area contributed by atoms with Crippen molar-refractivity contribution in [1.29, 1.82) is 0 Å². The number of amides is 2. The van der Waals surface area contributed by atoms with E-state index in [4.69, 9.17) is 9.08 Å². The van der Waals surface area contributed by atoms with Crippen molar-refractivity contribution in [1.82, 2.24) is 0 Å². The normalized spacial score (nSPS) is 20.2. The molecule has 6 aromatic rings. The van der Waals surface area contributed by atoms with Crippen LogP contribution in [0.5, 0.6) is 5.75 Å². The van der Waals surface area contributed by atoms with Crippen molar-refractivity contribution in [2.24, 2.45) is 17.8 Å². The maximum absolute atomic E-state index is 14.9. The van der Waals surface area contributed by atoms with Gasteiger partial charge >= 0.3 is 7.12 Å². The van der Waals surface area contributed by atoms with Gasteiger partial charge in [0.1, 0.15) is 5.75 Å². The summed E-state index contributed by atoms with van der Waals surface area (Å²) in [7, 11) is -4.18. The maximum atomic E-state index is 14.9. The Hall–Kier alpha value is -6.30. The number of para-hydroxylation sites is 1. The van der Waals surface area contributed by atoms with Crippen molar-refractivity contribution in [3.05, 3.63) is 192 Å². The summed E-state index contributed by atoms with van der Waals surface area (Å²) in [5, 5.41) is 27.3. The molecule has 4 atom stereocenters. The summed E-state index contributed by atoms with van der Waals surface area (Å²) in [6.45, 7) is 6.99. The number of hydrogen-bond acceptors (Lipinski definition) is 7. The smallest absolute Gasteiger partial charge is 0.455 e. The first-order valence-corrected chi connectivity index (χ1v) is 24.6. The molecule has 2 saturated heterocycles. The molecule has 2 aliphatic heterocycles. The van der Waals surface area contributed by atoms with E-state index in [2.05, 4.69) is 92.8 Å². The molecule has 6 aromatic carbocycles. The maximum Gasteiger partial charge on any atom is 0.455 e. The van der Waals surface area contributed by atoms with Gasteiger partial charge in [0.15, 0.2) is 0 Å². The van der Waals surface area contributed by atoms with E-state index in [1.54, 1.807) is 12.1 Å². The highest BCUT2D eigenvalue weighted by Gasteiger charge is 2.58. The van der Waals surface area contributed by atoms with Crippen LogP contribution in [0.2, 0.25) is 11.4 Å². The Bertz CT molecular complexity index is 2650. The Morgan fingerprint density at radius 3 is 1.98 bits per heavy atom. The van der Waals surface area contributed by atoms with Crippen molar-refractivity contribution in [3.8, 4) is 5.75 Å². The molecule has 3 aliphatic rings. The van der Waals surface area contributed by atoms with Crippen molar-refractivity contribution in [3.63, 3.8) is 0 Å². The fourth-order valence-electron chi connectivity index (χ4n) is 10.5. The zero-order valence-corrected chi connectivity index (χ0v) is 38.1. The summed E-state index contributed by atoms with van der Waals surface area (Å²) in [6, 6.07) is 55.7. The van der Waals surface area contributed by atoms with E-state index in [9.17, 15) is 19.7 Å². The molecule has 0 spiro atoms. The highest BCUT2D eigenvalue weighted by atomic mass is 28.4. The van der Waals surface area contributed by atoms with Crippen molar-refractivity contribution in [2.45, 2.75) is 57.5 Å². The number of aromatic hydroxyl groups is 1. The number of nitrogens with zero attached hydrogens (tertiary/aromatic N) is 1. The number of carbonyl (C=O) groups is 2. The summed E-state index contributed by atoms with van der Waals surface area (Å²) in [5.41, 5.74) is 7.16. The SMILES string of the molecule is CC(C)(C)[Si](OCC1=C2[C@@H](CC/C(=C/c3cccc(O)c3)c3ccccc3)OB(O)C[C@@H]2[C@@H]2C(=O)N(c3ccc(Nc4ccccc4)cc3)C(=O)[C@@H]2C1)(c1ccccc1)c1ccccc1. The molecule has 3 N–H and O–H groups in total. The molecule has 1 aliphatic carbocycles. The van der Waals surface area contributed by atoms with Gasteiger partial charge in [0.25, 0.3) is 8.32 Å². The lowest BCUT2D eigenvalue weighted by atomic mass is 9.58. The summed E-state index contributed by atoms with van der Waals surface area (Å²) in [6.07, 6.45) is 3.13. The number of rotatable bonds is 13. The number of fused-ring (bicyclic) bond motifs is 3. The van der Waals surface area contributed by atoms with Crippen LogP contribution in [0.15, 0.2) is 181 Å². The molecule has 0 bridgehead atoms. The van der Waals surface area contributed by atoms with E-state index < -0.39 is 39.3 Å². The molecule has 0 unspecified atom stereocenters. The Morgan fingerprint density at radius 2 is 1.37 bits per heavy atom. The van der Waals surface area contributed by atoms with Gasteiger partial charge in [0.2, 0.25) is 11.8 Å². The number of imide groups is 1. The van der Waals surface area contributed by atoms with Gasteiger partial charge in [-0.2, -0.15) is 0 Å². The summed E-state index contributed by atoms with van der Waals surface area (Å²) in [4.78, 5) is 31.1. The minimum atomic E-state index is -3.04. The first kappa shape index (κ1) is 43.9. The summed E-state index contributed by atoms with van der Waals surface area (Å²) < 4.78 is 14.2. The van der Waals surface area contributed by atoms with Gasteiger partial charge in [-0.1, -0.05) is 148 Å². The van der Waals surface area contributed by atoms with Crippen LogP contribution in [0, 0.1) is 17.8 Å². The molecular formula is C55H55BN2O6Si. The molecular weight excluding hydrogens is 824 g/mol. The highest BCUT2D eigenvalue weighted by molar-refractivity contribution is 6.99. The second kappa shape index (κ2) is 18.7. The van der Waals surface area contributed by atoms with E-state index >= 15 is 0 Å². The van der Waals surface area contributed by atoms with Gasteiger partial charge in [-0.05, 0) is 123 Å². The predicted molar refractivity (Wildman–Crippen MR) is 264 cm³/mol. The third-order valence-electron chi connectivity index (χ3n) is 13.4. The lowest BCUT2D eigenvalue weighted by molar-refractivity contribution is -0.122. The Morgan fingerprint density at radius 1 is 0.769 bits per heavy atom.